The first-order chi connectivity index (χ1) is 8.26. The lowest BCUT2D eigenvalue weighted by molar-refractivity contribution is 0.188. The number of benzene rings is 1. The molecule has 0 aliphatic carbocycles. The highest BCUT2D eigenvalue weighted by atomic mass is 79.9. The van der Waals surface area contributed by atoms with Gasteiger partial charge >= 0.3 is 0 Å². The monoisotopic (exact) mass is 400 g/mol. The molecule has 0 heterocycles. The predicted molar refractivity (Wildman–Crippen MR) is 78.0 cm³/mol. The number of rotatable bonds is 5. The van der Waals surface area contributed by atoms with Gasteiger partial charge in [-0.2, -0.15) is 0 Å². The van der Waals surface area contributed by atoms with Gasteiger partial charge in [0.15, 0.2) is 9.84 Å². The topological polar surface area (TPSA) is 63.6 Å². The van der Waals surface area contributed by atoms with Gasteiger partial charge in [-0.1, -0.05) is 50.9 Å². The molecule has 0 aliphatic heterocycles. The van der Waals surface area contributed by atoms with Crippen molar-refractivity contribution in [1.29, 1.82) is 0 Å². The van der Waals surface area contributed by atoms with Crippen LogP contribution in [0, 0.1) is 0 Å². The summed E-state index contributed by atoms with van der Waals surface area (Å²) in [7, 11) is -1.97. The highest BCUT2D eigenvalue weighted by Gasteiger charge is 2.45. The molecule has 0 radical (unpaired) electrons. The highest BCUT2D eigenvalue weighted by Crippen LogP contribution is 2.44. The van der Waals surface area contributed by atoms with Gasteiger partial charge in [-0.05, 0) is 17.7 Å². The predicted octanol–water partition coefficient (Wildman–Crippen LogP) is 2.61. The number of methoxy groups -OCH3 is 1. The molecule has 0 amide bonds. The molecule has 1 atom stereocenters. The minimum Gasteiger partial charge on any atom is -0.497 e. The van der Waals surface area contributed by atoms with Gasteiger partial charge < -0.3 is 9.84 Å². The maximum absolute atomic E-state index is 11.9. The van der Waals surface area contributed by atoms with E-state index in [0.717, 1.165) is 0 Å². The van der Waals surface area contributed by atoms with E-state index in [1.807, 2.05) is 0 Å². The highest BCUT2D eigenvalue weighted by molar-refractivity contribution is 9.28. The Bertz CT molecular complexity index is 496. The smallest absolute Gasteiger partial charge is 0.210 e. The van der Waals surface area contributed by atoms with Crippen LogP contribution in [0.1, 0.15) is 18.6 Å². The minimum atomic E-state index is -3.51. The Hall–Kier alpha value is -0.110. The summed E-state index contributed by atoms with van der Waals surface area (Å²) in [6.45, 7) is 1.52. The normalized spacial score (nSPS) is 14.3. The molecule has 0 bridgehead atoms. The van der Waals surface area contributed by atoms with Crippen LogP contribution in [-0.4, -0.2) is 29.0 Å². The van der Waals surface area contributed by atoms with E-state index in [1.54, 1.807) is 24.3 Å². The third-order valence-electron chi connectivity index (χ3n) is 2.54. The second kappa shape index (κ2) is 5.90. The van der Waals surface area contributed by atoms with Crippen LogP contribution in [0.3, 0.4) is 0 Å². The number of sulfone groups is 1. The maximum Gasteiger partial charge on any atom is 0.210 e. The Morgan fingerprint density at radius 2 is 1.83 bits per heavy atom. The van der Waals surface area contributed by atoms with Crippen LogP contribution in [0.15, 0.2) is 24.3 Å². The van der Waals surface area contributed by atoms with Crippen LogP contribution < -0.4 is 4.74 Å². The Kier molecular flexibility index (Phi) is 5.22. The summed E-state index contributed by atoms with van der Waals surface area (Å²) in [5.74, 6) is 0.551. The number of alkyl halides is 2. The van der Waals surface area contributed by atoms with Crippen molar-refractivity contribution in [2.24, 2.45) is 0 Å². The Morgan fingerprint density at radius 1 is 1.33 bits per heavy atom. The maximum atomic E-state index is 11.9. The largest absolute Gasteiger partial charge is 0.497 e. The Labute approximate surface area is 124 Å². The summed E-state index contributed by atoms with van der Waals surface area (Å²) in [5.41, 5.74) is 0.474. The van der Waals surface area contributed by atoms with Gasteiger partial charge in [-0.3, -0.25) is 0 Å². The Balaban J connectivity index is 3.09. The molecule has 0 saturated heterocycles. The van der Waals surface area contributed by atoms with Crippen molar-refractivity contribution in [2.45, 2.75) is 15.6 Å². The van der Waals surface area contributed by atoms with Crippen LogP contribution in [0.4, 0.5) is 0 Å². The third kappa shape index (κ3) is 3.07. The molecule has 4 nitrogen and oxygen atoms in total. The first-order valence-electron chi connectivity index (χ1n) is 5.18. The summed E-state index contributed by atoms with van der Waals surface area (Å²) < 4.78 is 27.2. The second-order valence-corrected chi connectivity index (χ2v) is 10.7. The minimum absolute atomic E-state index is 0.0866. The van der Waals surface area contributed by atoms with E-state index in [-0.39, 0.29) is 5.75 Å². The molecule has 1 aromatic carbocycles. The molecule has 0 unspecified atom stereocenters. The van der Waals surface area contributed by atoms with E-state index in [4.69, 9.17) is 4.74 Å². The van der Waals surface area contributed by atoms with E-state index in [2.05, 4.69) is 31.9 Å². The summed E-state index contributed by atoms with van der Waals surface area (Å²) in [5, 5.41) is 10.2. The molecule has 1 N–H and O–H groups in total. The first-order valence-corrected chi connectivity index (χ1v) is 8.42. The quantitative estimate of drug-likeness (QED) is 0.770. The molecule has 7 heteroatoms. The van der Waals surface area contributed by atoms with E-state index < -0.39 is 18.5 Å². The zero-order valence-electron chi connectivity index (χ0n) is 9.93. The van der Waals surface area contributed by atoms with Crippen LogP contribution in [0.25, 0.3) is 0 Å². The number of aliphatic hydroxyl groups is 1. The van der Waals surface area contributed by atoms with Crippen LogP contribution in [-0.2, 0) is 9.84 Å². The molecule has 0 spiro atoms. The molecule has 102 valence electrons. The van der Waals surface area contributed by atoms with Crippen molar-refractivity contribution in [3.8, 4) is 5.75 Å². The van der Waals surface area contributed by atoms with Gasteiger partial charge in [0.25, 0.3) is 0 Å². The lowest BCUT2D eigenvalue weighted by atomic mass is 10.1. The van der Waals surface area contributed by atoms with Crippen molar-refractivity contribution < 1.29 is 18.3 Å². The summed E-state index contributed by atoms with van der Waals surface area (Å²) in [6, 6.07) is 6.55. The molecule has 1 aromatic rings. The van der Waals surface area contributed by atoms with E-state index in [0.29, 0.717) is 11.3 Å². The van der Waals surface area contributed by atoms with E-state index >= 15 is 0 Å². The zero-order chi connectivity index (χ0) is 14.0. The number of ether oxygens (including phenoxy) is 1. The first kappa shape index (κ1) is 15.9. The molecule has 1 rings (SSSR count). The second-order valence-electron chi connectivity index (χ2n) is 3.64. The molecular weight excluding hydrogens is 388 g/mol. The van der Waals surface area contributed by atoms with Gasteiger partial charge in [0.2, 0.25) is 2.57 Å². The van der Waals surface area contributed by atoms with Gasteiger partial charge in [0, 0.05) is 5.75 Å². The zero-order valence-corrected chi connectivity index (χ0v) is 13.9. The van der Waals surface area contributed by atoms with Crippen LogP contribution in [0.5, 0.6) is 5.75 Å². The number of aliphatic hydroxyl groups excluding tert-OH is 1. The fraction of sp³-hybridized carbons (Fsp3) is 0.455. The summed E-state index contributed by atoms with van der Waals surface area (Å²) in [4.78, 5) is 0. The molecular formula is C11H14Br2O4S. The molecule has 0 fully saturated rings. The van der Waals surface area contributed by atoms with Gasteiger partial charge in [-0.15, -0.1) is 0 Å². The van der Waals surface area contributed by atoms with Gasteiger partial charge in [0.1, 0.15) is 11.9 Å². The van der Waals surface area contributed by atoms with Crippen molar-refractivity contribution in [3.63, 3.8) is 0 Å². The SMILES string of the molecule is CCS(=O)(=O)C(Br)(Br)[C@H](O)c1ccc(OC)cc1. The fourth-order valence-electron chi connectivity index (χ4n) is 1.34. The number of hydrogen-bond donors (Lipinski definition) is 1. The van der Waals surface area contributed by atoms with Gasteiger partial charge in [0.05, 0.1) is 7.11 Å². The third-order valence-corrected chi connectivity index (χ3v) is 8.18. The molecule has 0 aromatic heterocycles. The summed E-state index contributed by atoms with van der Waals surface area (Å²) >= 11 is 6.10. The van der Waals surface area contributed by atoms with E-state index in [9.17, 15) is 13.5 Å². The van der Waals surface area contributed by atoms with Crippen LogP contribution >= 0.6 is 31.9 Å². The molecule has 18 heavy (non-hydrogen) atoms. The average Bonchev–Trinajstić information content (AvgIpc) is 2.37. The average molecular weight is 402 g/mol. The number of hydrogen-bond acceptors (Lipinski definition) is 4. The van der Waals surface area contributed by atoms with Gasteiger partial charge in [-0.25, -0.2) is 8.42 Å². The van der Waals surface area contributed by atoms with Crippen molar-refractivity contribution in [1.82, 2.24) is 0 Å². The number of halogens is 2. The Morgan fingerprint density at radius 3 is 2.22 bits per heavy atom. The van der Waals surface area contributed by atoms with Crippen molar-refractivity contribution in [3.05, 3.63) is 29.8 Å². The van der Waals surface area contributed by atoms with Crippen molar-refractivity contribution >= 4 is 41.7 Å². The lowest BCUT2D eigenvalue weighted by Gasteiger charge is -2.26. The van der Waals surface area contributed by atoms with E-state index in [1.165, 1.54) is 14.0 Å². The lowest BCUT2D eigenvalue weighted by Crippen LogP contribution is -2.33. The fourth-order valence-corrected chi connectivity index (χ4v) is 4.11. The molecule has 0 saturated carbocycles. The molecule has 0 aliphatic rings. The van der Waals surface area contributed by atoms with Crippen LogP contribution in [0.2, 0.25) is 0 Å². The standard InChI is InChI=1S/C11H14Br2O4S/c1-3-18(15,16)11(12,13)10(14)8-4-6-9(17-2)7-5-8/h4-7,10,14H,3H2,1-2H3/t10-/m1/s1. The summed E-state index contributed by atoms with van der Waals surface area (Å²) in [6.07, 6.45) is -1.23. The van der Waals surface area contributed by atoms with Crippen molar-refractivity contribution in [2.75, 3.05) is 12.9 Å².